The Kier molecular flexibility index (Phi) is 4.68. The highest BCUT2D eigenvalue weighted by Crippen LogP contribution is 2.29. The van der Waals surface area contributed by atoms with Crippen molar-refractivity contribution in [3.8, 4) is 11.5 Å². The molecule has 20 heavy (non-hydrogen) atoms. The van der Waals surface area contributed by atoms with Gasteiger partial charge in [-0.15, -0.1) is 11.3 Å². The van der Waals surface area contributed by atoms with Crippen LogP contribution in [0.25, 0.3) is 0 Å². The van der Waals surface area contributed by atoms with Gasteiger partial charge in [0.25, 0.3) is 0 Å². The number of ether oxygens (including phenoxy) is 1. The molecule has 1 unspecified atom stereocenters. The monoisotopic (exact) mass is 291 g/mol. The number of phenols is 1. The second-order valence-corrected chi connectivity index (χ2v) is 6.33. The van der Waals surface area contributed by atoms with Crippen molar-refractivity contribution in [2.75, 3.05) is 7.11 Å². The van der Waals surface area contributed by atoms with E-state index in [4.69, 9.17) is 4.74 Å². The Hall–Kier alpha value is -1.52. The van der Waals surface area contributed by atoms with Crippen LogP contribution in [0.3, 0.4) is 0 Å². The van der Waals surface area contributed by atoms with Crippen molar-refractivity contribution in [3.63, 3.8) is 0 Å². The van der Waals surface area contributed by atoms with E-state index in [1.165, 1.54) is 15.3 Å². The predicted octanol–water partition coefficient (Wildman–Crippen LogP) is 3.93. The van der Waals surface area contributed by atoms with Crippen LogP contribution >= 0.6 is 11.3 Å². The van der Waals surface area contributed by atoms with Crippen LogP contribution in [0.15, 0.2) is 24.3 Å². The van der Waals surface area contributed by atoms with Gasteiger partial charge < -0.3 is 15.2 Å². The molecule has 0 aliphatic carbocycles. The Morgan fingerprint density at radius 2 is 2.05 bits per heavy atom. The molecule has 0 radical (unpaired) electrons. The number of aryl methyl sites for hydroxylation is 2. The number of methoxy groups -OCH3 is 1. The number of thiophene rings is 1. The van der Waals surface area contributed by atoms with Crippen LogP contribution < -0.4 is 10.1 Å². The second kappa shape index (κ2) is 6.29. The standard InChI is InChI=1S/C16H21NO2S/c1-10-7-14(20-12(10)3)9-17-11(2)13-5-6-15(18)16(8-13)19-4/h5-8,11,17-18H,9H2,1-4H3. The van der Waals surface area contributed by atoms with Crippen LogP contribution in [0.2, 0.25) is 0 Å². The summed E-state index contributed by atoms with van der Waals surface area (Å²) in [5, 5.41) is 13.1. The number of hydrogen-bond donors (Lipinski definition) is 2. The first-order chi connectivity index (χ1) is 9.51. The van der Waals surface area contributed by atoms with Gasteiger partial charge >= 0.3 is 0 Å². The molecule has 1 aromatic carbocycles. The fourth-order valence-electron chi connectivity index (χ4n) is 2.07. The highest BCUT2D eigenvalue weighted by Gasteiger charge is 2.10. The van der Waals surface area contributed by atoms with Gasteiger partial charge in [-0.1, -0.05) is 6.07 Å². The van der Waals surface area contributed by atoms with Gasteiger partial charge in [-0.05, 0) is 50.1 Å². The molecule has 0 aliphatic rings. The first kappa shape index (κ1) is 14.9. The van der Waals surface area contributed by atoms with Gasteiger partial charge in [0.1, 0.15) is 0 Å². The minimum absolute atomic E-state index is 0.174. The first-order valence-corrected chi connectivity index (χ1v) is 7.49. The first-order valence-electron chi connectivity index (χ1n) is 6.67. The number of aromatic hydroxyl groups is 1. The van der Waals surface area contributed by atoms with Crippen molar-refractivity contribution in [1.29, 1.82) is 0 Å². The fraction of sp³-hybridized carbons (Fsp3) is 0.375. The topological polar surface area (TPSA) is 41.5 Å². The smallest absolute Gasteiger partial charge is 0.160 e. The highest BCUT2D eigenvalue weighted by atomic mass is 32.1. The lowest BCUT2D eigenvalue weighted by Gasteiger charge is -2.15. The maximum absolute atomic E-state index is 9.61. The van der Waals surface area contributed by atoms with Crippen molar-refractivity contribution >= 4 is 11.3 Å². The molecule has 4 heteroatoms. The third-order valence-corrected chi connectivity index (χ3v) is 4.66. The molecule has 0 bridgehead atoms. The normalized spacial score (nSPS) is 12.4. The fourth-order valence-corrected chi connectivity index (χ4v) is 3.08. The van der Waals surface area contributed by atoms with Gasteiger partial charge in [0, 0.05) is 22.3 Å². The van der Waals surface area contributed by atoms with Crippen molar-refractivity contribution in [2.45, 2.75) is 33.4 Å². The SMILES string of the molecule is COc1cc(C(C)NCc2cc(C)c(C)s2)ccc1O. The molecule has 0 spiro atoms. The second-order valence-electron chi connectivity index (χ2n) is 4.99. The molecule has 0 aliphatic heterocycles. The molecule has 1 atom stereocenters. The van der Waals surface area contributed by atoms with Gasteiger partial charge in [-0.2, -0.15) is 0 Å². The van der Waals surface area contributed by atoms with Crippen molar-refractivity contribution in [3.05, 3.63) is 45.1 Å². The molecule has 0 amide bonds. The van der Waals surface area contributed by atoms with Gasteiger partial charge in [-0.3, -0.25) is 0 Å². The minimum Gasteiger partial charge on any atom is -0.504 e. The van der Waals surface area contributed by atoms with Crippen LogP contribution in [0, 0.1) is 13.8 Å². The lowest BCUT2D eigenvalue weighted by molar-refractivity contribution is 0.372. The summed E-state index contributed by atoms with van der Waals surface area (Å²) in [6.45, 7) is 7.25. The number of nitrogens with one attached hydrogen (secondary N) is 1. The zero-order valence-electron chi connectivity index (χ0n) is 12.4. The third kappa shape index (κ3) is 3.32. The van der Waals surface area contributed by atoms with E-state index in [-0.39, 0.29) is 11.8 Å². The predicted molar refractivity (Wildman–Crippen MR) is 83.7 cm³/mol. The Morgan fingerprint density at radius 1 is 1.30 bits per heavy atom. The Morgan fingerprint density at radius 3 is 2.65 bits per heavy atom. The van der Waals surface area contributed by atoms with Gasteiger partial charge in [0.2, 0.25) is 0 Å². The quantitative estimate of drug-likeness (QED) is 0.877. The summed E-state index contributed by atoms with van der Waals surface area (Å²) in [4.78, 5) is 2.72. The Balaban J connectivity index is 2.02. The number of hydrogen-bond acceptors (Lipinski definition) is 4. The molecule has 0 saturated carbocycles. The minimum atomic E-state index is 0.174. The molecule has 1 heterocycles. The summed E-state index contributed by atoms with van der Waals surface area (Å²) in [5.41, 5.74) is 2.45. The lowest BCUT2D eigenvalue weighted by atomic mass is 10.1. The average Bonchev–Trinajstić information content (AvgIpc) is 2.75. The maximum Gasteiger partial charge on any atom is 0.160 e. The summed E-state index contributed by atoms with van der Waals surface area (Å²) < 4.78 is 5.14. The van der Waals surface area contributed by atoms with Crippen LogP contribution in [0.1, 0.15) is 33.8 Å². The van der Waals surface area contributed by atoms with Crippen molar-refractivity contribution < 1.29 is 9.84 Å². The Bertz CT molecular complexity index is 573. The third-order valence-electron chi connectivity index (χ3n) is 3.50. The zero-order chi connectivity index (χ0) is 14.7. The molecule has 108 valence electrons. The molecule has 3 nitrogen and oxygen atoms in total. The van der Waals surface area contributed by atoms with E-state index >= 15 is 0 Å². The molecule has 2 aromatic rings. The van der Waals surface area contributed by atoms with Crippen molar-refractivity contribution in [2.24, 2.45) is 0 Å². The van der Waals surface area contributed by atoms with E-state index in [2.05, 4.69) is 32.2 Å². The van der Waals surface area contributed by atoms with Gasteiger partial charge in [0.15, 0.2) is 11.5 Å². The summed E-state index contributed by atoms with van der Waals surface area (Å²) in [5.74, 6) is 0.687. The van der Waals surface area contributed by atoms with Gasteiger partial charge in [-0.25, -0.2) is 0 Å². The van der Waals surface area contributed by atoms with E-state index in [1.54, 1.807) is 13.2 Å². The molecular formula is C16H21NO2S. The maximum atomic E-state index is 9.61. The van der Waals surface area contributed by atoms with Crippen LogP contribution in [-0.2, 0) is 6.54 Å². The van der Waals surface area contributed by atoms with E-state index in [0.29, 0.717) is 5.75 Å². The lowest BCUT2D eigenvalue weighted by Crippen LogP contribution is -2.17. The van der Waals surface area contributed by atoms with E-state index < -0.39 is 0 Å². The Labute approximate surface area is 124 Å². The average molecular weight is 291 g/mol. The van der Waals surface area contributed by atoms with E-state index in [1.807, 2.05) is 23.5 Å². The summed E-state index contributed by atoms with van der Waals surface area (Å²) in [7, 11) is 1.56. The van der Waals surface area contributed by atoms with Crippen molar-refractivity contribution in [1.82, 2.24) is 5.32 Å². The summed E-state index contributed by atoms with van der Waals surface area (Å²) >= 11 is 1.83. The number of phenolic OH excluding ortho intramolecular Hbond substituents is 1. The molecular weight excluding hydrogens is 270 g/mol. The van der Waals surface area contributed by atoms with Crippen LogP contribution in [-0.4, -0.2) is 12.2 Å². The largest absolute Gasteiger partial charge is 0.504 e. The van der Waals surface area contributed by atoms with Crippen LogP contribution in [0.4, 0.5) is 0 Å². The molecule has 0 fully saturated rings. The van der Waals surface area contributed by atoms with E-state index in [9.17, 15) is 5.11 Å². The van der Waals surface area contributed by atoms with Gasteiger partial charge in [0.05, 0.1) is 7.11 Å². The molecule has 0 saturated heterocycles. The summed E-state index contributed by atoms with van der Waals surface area (Å²) in [6.07, 6.45) is 0. The van der Waals surface area contributed by atoms with E-state index in [0.717, 1.165) is 12.1 Å². The summed E-state index contributed by atoms with van der Waals surface area (Å²) in [6, 6.07) is 7.90. The molecule has 1 aromatic heterocycles. The van der Waals surface area contributed by atoms with Crippen LogP contribution in [0.5, 0.6) is 11.5 Å². The molecule has 2 N–H and O–H groups in total. The molecule has 2 rings (SSSR count). The number of benzene rings is 1. The number of rotatable bonds is 5. The highest BCUT2D eigenvalue weighted by molar-refractivity contribution is 7.12. The zero-order valence-corrected chi connectivity index (χ0v) is 13.2.